The molecule has 0 aliphatic heterocycles. The minimum atomic E-state index is 0.674. The lowest BCUT2D eigenvalue weighted by Crippen LogP contribution is -1.85. The summed E-state index contributed by atoms with van der Waals surface area (Å²) < 4.78 is 0. The van der Waals surface area contributed by atoms with E-state index in [1.165, 1.54) is 22.5 Å². The fourth-order valence-corrected chi connectivity index (χ4v) is 2.51. The summed E-state index contributed by atoms with van der Waals surface area (Å²) in [6.45, 7) is 4.12. The van der Waals surface area contributed by atoms with Crippen molar-refractivity contribution in [1.82, 2.24) is 4.98 Å². The number of hydrogen-bond acceptors (Lipinski definition) is 3. The van der Waals surface area contributed by atoms with Gasteiger partial charge >= 0.3 is 0 Å². The second kappa shape index (κ2) is 3.95. The third-order valence-electron chi connectivity index (χ3n) is 2.33. The lowest BCUT2D eigenvalue weighted by Gasteiger charge is -2.05. The van der Waals surface area contributed by atoms with E-state index in [1.54, 1.807) is 6.20 Å². The first-order chi connectivity index (χ1) is 7.22. The number of aromatic nitrogens is 1. The zero-order valence-corrected chi connectivity index (χ0v) is 9.47. The zero-order chi connectivity index (χ0) is 10.8. The molecular formula is C12H11NOS. The molecule has 0 N–H and O–H groups in total. The Balaban J connectivity index is 2.58. The first-order valence-corrected chi connectivity index (χ1v) is 5.51. The lowest BCUT2D eigenvalue weighted by molar-refractivity contribution is 0.112. The van der Waals surface area contributed by atoms with E-state index in [1.807, 2.05) is 6.07 Å². The first-order valence-electron chi connectivity index (χ1n) is 4.70. The number of hydrogen-bond donors (Lipinski definition) is 0. The van der Waals surface area contributed by atoms with Crippen molar-refractivity contribution in [2.45, 2.75) is 13.8 Å². The first kappa shape index (κ1) is 10.1. The van der Waals surface area contributed by atoms with Crippen molar-refractivity contribution < 1.29 is 4.79 Å². The van der Waals surface area contributed by atoms with Gasteiger partial charge in [-0.15, -0.1) is 11.3 Å². The van der Waals surface area contributed by atoms with Gasteiger partial charge in [0.05, 0.1) is 4.88 Å². The Morgan fingerprint density at radius 1 is 1.27 bits per heavy atom. The highest BCUT2D eigenvalue weighted by Gasteiger charge is 2.09. The Morgan fingerprint density at radius 3 is 2.47 bits per heavy atom. The summed E-state index contributed by atoms with van der Waals surface area (Å²) in [5, 5.41) is 0.924. The molecule has 0 radical (unpaired) electrons. The maximum atomic E-state index is 10.6. The van der Waals surface area contributed by atoms with Gasteiger partial charge in [-0.05, 0) is 25.0 Å². The average Bonchev–Trinajstić information content (AvgIpc) is 2.66. The molecule has 0 bridgehead atoms. The van der Waals surface area contributed by atoms with Gasteiger partial charge in [-0.3, -0.25) is 4.79 Å². The van der Waals surface area contributed by atoms with Crippen LogP contribution < -0.4 is 0 Å². The zero-order valence-electron chi connectivity index (χ0n) is 8.65. The summed E-state index contributed by atoms with van der Waals surface area (Å²) in [5.41, 5.74) is 3.54. The van der Waals surface area contributed by atoms with Crippen molar-refractivity contribution >= 4 is 17.6 Å². The maximum absolute atomic E-state index is 10.6. The molecule has 0 fully saturated rings. The lowest BCUT2D eigenvalue weighted by atomic mass is 10.0. The van der Waals surface area contributed by atoms with Gasteiger partial charge in [0.2, 0.25) is 0 Å². The van der Waals surface area contributed by atoms with Crippen LogP contribution in [-0.4, -0.2) is 11.3 Å². The highest BCUT2D eigenvalue weighted by atomic mass is 32.1. The molecule has 0 unspecified atom stereocenters. The number of thiazole rings is 1. The summed E-state index contributed by atoms with van der Waals surface area (Å²) in [4.78, 5) is 15.5. The summed E-state index contributed by atoms with van der Waals surface area (Å²) >= 11 is 1.44. The quantitative estimate of drug-likeness (QED) is 0.723. The molecule has 1 aromatic carbocycles. The van der Waals surface area contributed by atoms with E-state index in [4.69, 9.17) is 0 Å². The predicted molar refractivity (Wildman–Crippen MR) is 62.4 cm³/mol. The average molecular weight is 217 g/mol. The van der Waals surface area contributed by atoms with E-state index >= 15 is 0 Å². The topological polar surface area (TPSA) is 30.0 Å². The number of benzene rings is 1. The SMILES string of the molecule is Cc1cccc(C)c1-c1ncc(C=O)s1. The van der Waals surface area contributed by atoms with Crippen molar-refractivity contribution in [1.29, 1.82) is 0 Å². The van der Waals surface area contributed by atoms with Crippen molar-refractivity contribution in [3.05, 3.63) is 40.4 Å². The fraction of sp³-hybridized carbons (Fsp3) is 0.167. The van der Waals surface area contributed by atoms with Crippen LogP contribution in [0.3, 0.4) is 0 Å². The van der Waals surface area contributed by atoms with Gasteiger partial charge in [0.15, 0.2) is 6.29 Å². The van der Waals surface area contributed by atoms with Crippen molar-refractivity contribution in [3.63, 3.8) is 0 Å². The molecule has 0 aliphatic carbocycles. The normalized spacial score (nSPS) is 10.3. The molecule has 76 valence electrons. The van der Waals surface area contributed by atoms with Crippen molar-refractivity contribution in [2.75, 3.05) is 0 Å². The van der Waals surface area contributed by atoms with Crippen LogP contribution in [0.5, 0.6) is 0 Å². The van der Waals surface area contributed by atoms with Gasteiger partial charge in [-0.2, -0.15) is 0 Å². The third-order valence-corrected chi connectivity index (χ3v) is 3.27. The molecule has 0 saturated carbocycles. The molecular weight excluding hydrogens is 206 g/mol. The minimum Gasteiger partial charge on any atom is -0.297 e. The van der Waals surface area contributed by atoms with Crippen LogP contribution in [0, 0.1) is 13.8 Å². The Kier molecular flexibility index (Phi) is 2.64. The molecule has 15 heavy (non-hydrogen) atoms. The molecule has 2 rings (SSSR count). The molecule has 1 heterocycles. The molecule has 0 spiro atoms. The van der Waals surface area contributed by atoms with E-state index in [9.17, 15) is 4.79 Å². The molecule has 1 aromatic heterocycles. The summed E-state index contributed by atoms with van der Waals surface area (Å²) in [7, 11) is 0. The van der Waals surface area contributed by atoms with Crippen molar-refractivity contribution in [3.8, 4) is 10.6 Å². The minimum absolute atomic E-state index is 0.674. The number of nitrogens with zero attached hydrogens (tertiary/aromatic N) is 1. The van der Waals surface area contributed by atoms with Crippen LogP contribution in [0.15, 0.2) is 24.4 Å². The third kappa shape index (κ3) is 1.83. The van der Waals surface area contributed by atoms with Gasteiger partial charge in [0.1, 0.15) is 5.01 Å². The van der Waals surface area contributed by atoms with Crippen LogP contribution >= 0.6 is 11.3 Å². The molecule has 2 aromatic rings. The molecule has 0 atom stereocenters. The van der Waals surface area contributed by atoms with Gasteiger partial charge in [-0.25, -0.2) is 4.98 Å². The second-order valence-electron chi connectivity index (χ2n) is 3.45. The van der Waals surface area contributed by atoms with Crippen LogP contribution in [0.4, 0.5) is 0 Å². The monoisotopic (exact) mass is 217 g/mol. The number of rotatable bonds is 2. The maximum Gasteiger partial charge on any atom is 0.161 e. The largest absolute Gasteiger partial charge is 0.297 e. The van der Waals surface area contributed by atoms with E-state index in [2.05, 4.69) is 31.0 Å². The second-order valence-corrected chi connectivity index (χ2v) is 4.51. The van der Waals surface area contributed by atoms with Gasteiger partial charge in [-0.1, -0.05) is 18.2 Å². The van der Waals surface area contributed by atoms with E-state index < -0.39 is 0 Å². The van der Waals surface area contributed by atoms with E-state index in [-0.39, 0.29) is 0 Å². The highest BCUT2D eigenvalue weighted by molar-refractivity contribution is 7.16. The fourth-order valence-electron chi connectivity index (χ4n) is 1.61. The number of aldehydes is 1. The van der Waals surface area contributed by atoms with Crippen LogP contribution in [0.1, 0.15) is 20.8 Å². The summed E-state index contributed by atoms with van der Waals surface area (Å²) in [5.74, 6) is 0. The Hall–Kier alpha value is -1.48. The molecule has 0 aliphatic rings. The summed E-state index contributed by atoms with van der Waals surface area (Å²) in [6.07, 6.45) is 2.47. The number of aryl methyl sites for hydroxylation is 2. The molecule has 3 heteroatoms. The van der Waals surface area contributed by atoms with Crippen molar-refractivity contribution in [2.24, 2.45) is 0 Å². The molecule has 0 saturated heterocycles. The van der Waals surface area contributed by atoms with E-state index in [0.717, 1.165) is 16.9 Å². The Bertz CT molecular complexity index is 482. The van der Waals surface area contributed by atoms with Crippen LogP contribution in [0.25, 0.3) is 10.6 Å². The smallest absolute Gasteiger partial charge is 0.161 e. The van der Waals surface area contributed by atoms with Crippen LogP contribution in [0.2, 0.25) is 0 Å². The Morgan fingerprint density at radius 2 is 1.93 bits per heavy atom. The highest BCUT2D eigenvalue weighted by Crippen LogP contribution is 2.29. The Labute approximate surface area is 92.6 Å². The van der Waals surface area contributed by atoms with Gasteiger partial charge in [0.25, 0.3) is 0 Å². The standard InChI is InChI=1S/C12H11NOS/c1-8-4-3-5-9(2)11(8)12-13-6-10(7-14)15-12/h3-7H,1-2H3. The van der Waals surface area contributed by atoms with Crippen LogP contribution in [-0.2, 0) is 0 Å². The summed E-state index contributed by atoms with van der Waals surface area (Å²) in [6, 6.07) is 6.15. The predicted octanol–water partition coefficient (Wildman–Crippen LogP) is 3.24. The molecule has 2 nitrogen and oxygen atoms in total. The van der Waals surface area contributed by atoms with E-state index in [0.29, 0.717) is 4.88 Å². The van der Waals surface area contributed by atoms with Gasteiger partial charge < -0.3 is 0 Å². The number of carbonyl (C=O) groups excluding carboxylic acids is 1. The molecule has 0 amide bonds. The van der Waals surface area contributed by atoms with Gasteiger partial charge in [0, 0.05) is 11.8 Å². The number of carbonyl (C=O) groups is 1.